The smallest absolute Gasteiger partial charge is 0.180 e. The zero-order valence-electron chi connectivity index (χ0n) is 11.6. The summed E-state index contributed by atoms with van der Waals surface area (Å²) < 4.78 is 0. The highest BCUT2D eigenvalue weighted by molar-refractivity contribution is 7.15. The zero-order valence-corrected chi connectivity index (χ0v) is 12.4. The first kappa shape index (κ1) is 13.3. The molecule has 1 atom stereocenters. The number of hydrogen-bond donors (Lipinski definition) is 1. The fraction of sp³-hybridized carbons (Fsp3) is 0.786. The number of rotatable bonds is 4. The molecular formula is C14H24N4S. The minimum Gasteiger partial charge on any atom is -0.375 e. The average molecular weight is 280 g/mol. The lowest BCUT2D eigenvalue weighted by molar-refractivity contribution is 0.193. The van der Waals surface area contributed by atoms with Gasteiger partial charge in [0.05, 0.1) is 0 Å². The molecule has 4 nitrogen and oxygen atoms in total. The zero-order chi connectivity index (χ0) is 13.1. The quantitative estimate of drug-likeness (QED) is 0.916. The van der Waals surface area contributed by atoms with Gasteiger partial charge in [0.1, 0.15) is 0 Å². The van der Waals surface area contributed by atoms with Gasteiger partial charge in [0.25, 0.3) is 0 Å². The highest BCUT2D eigenvalue weighted by Gasteiger charge is 2.25. The molecular weight excluding hydrogens is 256 g/mol. The van der Waals surface area contributed by atoms with Crippen molar-refractivity contribution in [3.8, 4) is 0 Å². The lowest BCUT2D eigenvalue weighted by Crippen LogP contribution is -2.35. The van der Waals surface area contributed by atoms with E-state index in [1.807, 2.05) is 6.20 Å². The van der Waals surface area contributed by atoms with Crippen LogP contribution in [0.15, 0.2) is 6.20 Å². The highest BCUT2D eigenvalue weighted by atomic mass is 32.1. The number of anilines is 1. The molecule has 3 heterocycles. The third-order valence-electron chi connectivity index (χ3n) is 4.29. The van der Waals surface area contributed by atoms with E-state index in [-0.39, 0.29) is 0 Å². The molecule has 5 heteroatoms. The predicted octanol–water partition coefficient (Wildman–Crippen LogP) is 2.03. The van der Waals surface area contributed by atoms with Crippen molar-refractivity contribution in [1.82, 2.24) is 14.8 Å². The Morgan fingerprint density at radius 3 is 2.79 bits per heavy atom. The van der Waals surface area contributed by atoms with Crippen molar-refractivity contribution >= 4 is 16.5 Å². The van der Waals surface area contributed by atoms with Gasteiger partial charge in [-0.15, -0.1) is 11.3 Å². The van der Waals surface area contributed by atoms with Crippen LogP contribution < -0.4 is 5.73 Å². The minimum absolute atomic E-state index is 0.694. The van der Waals surface area contributed by atoms with Crippen LogP contribution in [0.3, 0.4) is 0 Å². The van der Waals surface area contributed by atoms with E-state index in [0.717, 1.165) is 12.5 Å². The van der Waals surface area contributed by atoms with Crippen molar-refractivity contribution in [3.63, 3.8) is 0 Å². The largest absolute Gasteiger partial charge is 0.375 e. The van der Waals surface area contributed by atoms with E-state index in [1.54, 1.807) is 11.3 Å². The Bertz CT molecular complexity index is 400. The molecule has 106 valence electrons. The number of nitrogens with zero attached hydrogens (tertiary/aromatic N) is 3. The Labute approximate surface area is 119 Å². The second kappa shape index (κ2) is 6.20. The molecule has 0 amide bonds. The SMILES string of the molecule is Nc1ncc(CN2CCC(CN3CCCCC3)C2)s1. The summed E-state index contributed by atoms with van der Waals surface area (Å²) in [6.07, 6.45) is 7.51. The number of aromatic nitrogens is 1. The normalized spacial score (nSPS) is 26.0. The van der Waals surface area contributed by atoms with Crippen LogP contribution in [0.4, 0.5) is 5.13 Å². The van der Waals surface area contributed by atoms with Crippen LogP contribution in [0.2, 0.25) is 0 Å². The maximum atomic E-state index is 5.69. The Balaban J connectivity index is 1.44. The predicted molar refractivity (Wildman–Crippen MR) is 80.2 cm³/mol. The molecule has 2 aliphatic heterocycles. The first-order valence-electron chi connectivity index (χ1n) is 7.44. The topological polar surface area (TPSA) is 45.4 Å². The second-order valence-corrected chi connectivity index (χ2v) is 7.06. The van der Waals surface area contributed by atoms with Crippen LogP contribution in [0, 0.1) is 5.92 Å². The van der Waals surface area contributed by atoms with Crippen LogP contribution in [0.25, 0.3) is 0 Å². The summed E-state index contributed by atoms with van der Waals surface area (Å²) in [7, 11) is 0. The van der Waals surface area contributed by atoms with E-state index in [2.05, 4.69) is 14.8 Å². The summed E-state index contributed by atoms with van der Waals surface area (Å²) in [5, 5.41) is 0.694. The van der Waals surface area contributed by atoms with Crippen molar-refractivity contribution in [2.45, 2.75) is 32.2 Å². The van der Waals surface area contributed by atoms with E-state index < -0.39 is 0 Å². The molecule has 1 unspecified atom stereocenters. The van der Waals surface area contributed by atoms with E-state index in [0.29, 0.717) is 5.13 Å². The van der Waals surface area contributed by atoms with Crippen molar-refractivity contribution in [2.24, 2.45) is 5.92 Å². The molecule has 2 aliphatic rings. The van der Waals surface area contributed by atoms with E-state index in [1.165, 1.54) is 63.3 Å². The van der Waals surface area contributed by atoms with Crippen LogP contribution >= 0.6 is 11.3 Å². The molecule has 0 spiro atoms. The molecule has 1 aromatic heterocycles. The summed E-state index contributed by atoms with van der Waals surface area (Å²) in [6, 6.07) is 0. The summed E-state index contributed by atoms with van der Waals surface area (Å²) in [4.78, 5) is 10.7. The van der Waals surface area contributed by atoms with Gasteiger partial charge in [-0.2, -0.15) is 0 Å². The monoisotopic (exact) mass is 280 g/mol. The molecule has 0 aliphatic carbocycles. The van der Waals surface area contributed by atoms with Crippen LogP contribution in [-0.4, -0.2) is 47.5 Å². The minimum atomic E-state index is 0.694. The van der Waals surface area contributed by atoms with Gasteiger partial charge in [0.15, 0.2) is 5.13 Å². The van der Waals surface area contributed by atoms with Gasteiger partial charge < -0.3 is 10.6 Å². The maximum Gasteiger partial charge on any atom is 0.180 e. The molecule has 0 bridgehead atoms. The molecule has 0 radical (unpaired) electrons. The number of nitrogens with two attached hydrogens (primary N) is 1. The molecule has 1 aromatic rings. The molecule has 2 fully saturated rings. The molecule has 2 N–H and O–H groups in total. The number of hydrogen-bond acceptors (Lipinski definition) is 5. The first-order valence-corrected chi connectivity index (χ1v) is 8.26. The standard InChI is InChI=1S/C14H24N4S/c15-14-16-8-13(19-14)11-18-7-4-12(10-18)9-17-5-2-1-3-6-17/h8,12H,1-7,9-11H2,(H2,15,16). The summed E-state index contributed by atoms with van der Waals surface area (Å²) in [5.74, 6) is 0.864. The van der Waals surface area contributed by atoms with Crippen molar-refractivity contribution in [2.75, 3.05) is 38.5 Å². The van der Waals surface area contributed by atoms with Crippen molar-refractivity contribution in [1.29, 1.82) is 0 Å². The molecule has 19 heavy (non-hydrogen) atoms. The van der Waals surface area contributed by atoms with Gasteiger partial charge in [-0.3, -0.25) is 4.90 Å². The number of likely N-dealkylation sites (tertiary alicyclic amines) is 2. The molecule has 3 rings (SSSR count). The number of thiazole rings is 1. The van der Waals surface area contributed by atoms with E-state index in [4.69, 9.17) is 5.73 Å². The highest BCUT2D eigenvalue weighted by Crippen LogP contribution is 2.23. The number of piperidine rings is 1. The van der Waals surface area contributed by atoms with Gasteiger partial charge >= 0.3 is 0 Å². The maximum absolute atomic E-state index is 5.69. The lowest BCUT2D eigenvalue weighted by Gasteiger charge is -2.29. The third-order valence-corrected chi connectivity index (χ3v) is 5.10. The van der Waals surface area contributed by atoms with Gasteiger partial charge in [0, 0.05) is 30.7 Å². The van der Waals surface area contributed by atoms with Crippen LogP contribution in [0.5, 0.6) is 0 Å². The Morgan fingerprint density at radius 1 is 1.21 bits per heavy atom. The molecule has 0 aromatic carbocycles. The second-order valence-electron chi connectivity index (χ2n) is 5.92. The van der Waals surface area contributed by atoms with Crippen molar-refractivity contribution in [3.05, 3.63) is 11.1 Å². The Kier molecular flexibility index (Phi) is 4.35. The molecule has 2 saturated heterocycles. The van der Waals surface area contributed by atoms with Crippen LogP contribution in [0.1, 0.15) is 30.6 Å². The average Bonchev–Trinajstić information content (AvgIpc) is 3.01. The first-order chi connectivity index (χ1) is 9.29. The third kappa shape index (κ3) is 3.68. The van der Waals surface area contributed by atoms with Crippen LogP contribution in [-0.2, 0) is 6.54 Å². The summed E-state index contributed by atoms with van der Waals surface area (Å²) in [6.45, 7) is 7.46. The Morgan fingerprint density at radius 2 is 2.05 bits per heavy atom. The fourth-order valence-electron chi connectivity index (χ4n) is 3.33. The van der Waals surface area contributed by atoms with Gasteiger partial charge in [0.2, 0.25) is 0 Å². The number of nitrogen functional groups attached to an aromatic ring is 1. The van der Waals surface area contributed by atoms with Crippen molar-refractivity contribution < 1.29 is 0 Å². The van der Waals surface area contributed by atoms with Gasteiger partial charge in [-0.05, 0) is 44.8 Å². The van der Waals surface area contributed by atoms with E-state index >= 15 is 0 Å². The fourth-order valence-corrected chi connectivity index (χ4v) is 4.06. The van der Waals surface area contributed by atoms with Gasteiger partial charge in [-0.25, -0.2) is 4.98 Å². The summed E-state index contributed by atoms with van der Waals surface area (Å²) >= 11 is 1.63. The van der Waals surface area contributed by atoms with Gasteiger partial charge in [-0.1, -0.05) is 6.42 Å². The Hall–Kier alpha value is -0.650. The molecule has 0 saturated carbocycles. The summed E-state index contributed by atoms with van der Waals surface area (Å²) in [5.41, 5.74) is 5.69. The van der Waals surface area contributed by atoms with E-state index in [9.17, 15) is 0 Å². The lowest BCUT2D eigenvalue weighted by atomic mass is 10.1.